The molecular formula is C14H17Cl3N2O. The number of carbonyl (C=O) groups is 1. The first kappa shape index (κ1) is 15.9. The highest BCUT2D eigenvalue weighted by Gasteiger charge is 2.27. The molecule has 1 aliphatic rings. The van der Waals surface area contributed by atoms with Crippen LogP contribution in [0.5, 0.6) is 0 Å². The number of anilines is 1. The van der Waals surface area contributed by atoms with Gasteiger partial charge in [-0.05, 0) is 25.0 Å². The highest BCUT2D eigenvalue weighted by atomic mass is 35.5. The molecular weight excluding hydrogens is 319 g/mol. The Balaban J connectivity index is 2.12. The lowest BCUT2D eigenvalue weighted by atomic mass is 9.94. The van der Waals surface area contributed by atoms with Crippen LogP contribution in [0.25, 0.3) is 0 Å². The summed E-state index contributed by atoms with van der Waals surface area (Å²) in [5, 5.41) is 3.90. The summed E-state index contributed by atoms with van der Waals surface area (Å²) in [6.07, 6.45) is 4.93. The van der Waals surface area contributed by atoms with E-state index < -0.39 is 0 Å². The van der Waals surface area contributed by atoms with Crippen LogP contribution in [-0.4, -0.2) is 11.9 Å². The Hall–Kier alpha value is -0.480. The molecule has 1 saturated carbocycles. The average molecular weight is 336 g/mol. The molecule has 1 aromatic rings. The Kier molecular flexibility index (Phi) is 5.56. The fraction of sp³-hybridized carbons (Fsp3) is 0.500. The van der Waals surface area contributed by atoms with Gasteiger partial charge in [-0.2, -0.15) is 0 Å². The Morgan fingerprint density at radius 3 is 2.45 bits per heavy atom. The third-order valence-electron chi connectivity index (χ3n) is 3.67. The van der Waals surface area contributed by atoms with Crippen LogP contribution in [0.2, 0.25) is 15.1 Å². The Morgan fingerprint density at radius 1 is 1.05 bits per heavy atom. The van der Waals surface area contributed by atoms with Gasteiger partial charge < -0.3 is 11.1 Å². The second kappa shape index (κ2) is 6.99. The lowest BCUT2D eigenvalue weighted by molar-refractivity contribution is -0.120. The van der Waals surface area contributed by atoms with E-state index in [-0.39, 0.29) is 17.9 Å². The normalized spacial score (nSPS) is 23.2. The molecule has 0 spiro atoms. The minimum absolute atomic E-state index is 0.0975. The Labute approximate surface area is 133 Å². The summed E-state index contributed by atoms with van der Waals surface area (Å²) in [4.78, 5) is 12.4. The van der Waals surface area contributed by atoms with Crippen LogP contribution in [0.3, 0.4) is 0 Å². The molecule has 2 atom stereocenters. The number of hydrogen-bond donors (Lipinski definition) is 2. The summed E-state index contributed by atoms with van der Waals surface area (Å²) in [5.74, 6) is -0.275. The zero-order valence-electron chi connectivity index (χ0n) is 11.0. The van der Waals surface area contributed by atoms with Crippen LogP contribution in [0.1, 0.15) is 32.1 Å². The van der Waals surface area contributed by atoms with E-state index in [1.807, 2.05) is 0 Å². The molecule has 3 N–H and O–H groups in total. The summed E-state index contributed by atoms with van der Waals surface area (Å²) >= 11 is 17.9. The van der Waals surface area contributed by atoms with E-state index in [4.69, 9.17) is 40.5 Å². The maximum atomic E-state index is 12.4. The van der Waals surface area contributed by atoms with Gasteiger partial charge in [0.05, 0.1) is 26.7 Å². The number of rotatable bonds is 2. The monoisotopic (exact) mass is 334 g/mol. The van der Waals surface area contributed by atoms with Gasteiger partial charge in [0, 0.05) is 6.04 Å². The molecule has 2 rings (SSSR count). The topological polar surface area (TPSA) is 55.1 Å². The van der Waals surface area contributed by atoms with Gasteiger partial charge in [0.15, 0.2) is 0 Å². The van der Waals surface area contributed by atoms with Crippen molar-refractivity contribution in [3.63, 3.8) is 0 Å². The van der Waals surface area contributed by atoms with Gasteiger partial charge in [0.2, 0.25) is 5.91 Å². The molecule has 6 heteroatoms. The van der Waals surface area contributed by atoms with Crippen LogP contribution in [-0.2, 0) is 4.79 Å². The molecule has 0 saturated heterocycles. The predicted molar refractivity (Wildman–Crippen MR) is 84.7 cm³/mol. The van der Waals surface area contributed by atoms with E-state index in [0.29, 0.717) is 20.8 Å². The largest absolute Gasteiger partial charge is 0.327 e. The third-order valence-corrected chi connectivity index (χ3v) is 4.71. The van der Waals surface area contributed by atoms with Gasteiger partial charge in [-0.1, -0.05) is 54.1 Å². The molecule has 1 aliphatic carbocycles. The van der Waals surface area contributed by atoms with Crippen LogP contribution >= 0.6 is 34.8 Å². The Bertz CT molecular complexity index is 507. The molecule has 0 radical (unpaired) electrons. The van der Waals surface area contributed by atoms with Crippen molar-refractivity contribution in [2.45, 2.75) is 38.1 Å². The van der Waals surface area contributed by atoms with E-state index in [0.717, 1.165) is 32.1 Å². The van der Waals surface area contributed by atoms with E-state index in [2.05, 4.69) is 5.32 Å². The molecule has 1 aromatic carbocycles. The molecule has 1 amide bonds. The molecule has 2 unspecified atom stereocenters. The zero-order valence-corrected chi connectivity index (χ0v) is 13.2. The van der Waals surface area contributed by atoms with Gasteiger partial charge >= 0.3 is 0 Å². The summed E-state index contributed by atoms with van der Waals surface area (Å²) < 4.78 is 0. The number of carbonyl (C=O) groups excluding carboxylic acids is 1. The van der Waals surface area contributed by atoms with Crippen LogP contribution in [0.15, 0.2) is 12.1 Å². The van der Waals surface area contributed by atoms with Gasteiger partial charge in [0.1, 0.15) is 0 Å². The third kappa shape index (κ3) is 3.79. The molecule has 0 aliphatic heterocycles. The number of hydrogen-bond acceptors (Lipinski definition) is 2. The lowest BCUT2D eigenvalue weighted by Gasteiger charge is -2.21. The summed E-state index contributed by atoms with van der Waals surface area (Å²) in [6.45, 7) is 0. The number of nitrogens with one attached hydrogen (secondary N) is 1. The van der Waals surface area contributed by atoms with Crippen molar-refractivity contribution in [3.8, 4) is 0 Å². The maximum Gasteiger partial charge on any atom is 0.229 e. The van der Waals surface area contributed by atoms with E-state index in [1.54, 1.807) is 6.07 Å². The van der Waals surface area contributed by atoms with Crippen LogP contribution in [0, 0.1) is 5.92 Å². The highest BCUT2D eigenvalue weighted by molar-refractivity contribution is 6.44. The van der Waals surface area contributed by atoms with Crippen molar-refractivity contribution in [1.29, 1.82) is 0 Å². The Morgan fingerprint density at radius 2 is 1.70 bits per heavy atom. The van der Waals surface area contributed by atoms with Crippen molar-refractivity contribution < 1.29 is 4.79 Å². The quantitative estimate of drug-likeness (QED) is 0.618. The van der Waals surface area contributed by atoms with Crippen molar-refractivity contribution >= 4 is 46.4 Å². The number of nitrogens with two attached hydrogens (primary N) is 1. The summed E-state index contributed by atoms with van der Waals surface area (Å²) in [7, 11) is 0. The van der Waals surface area contributed by atoms with E-state index >= 15 is 0 Å². The first-order valence-corrected chi connectivity index (χ1v) is 7.83. The minimum atomic E-state index is -0.178. The van der Waals surface area contributed by atoms with Crippen molar-refractivity contribution in [2.24, 2.45) is 11.7 Å². The van der Waals surface area contributed by atoms with Crippen molar-refractivity contribution in [2.75, 3.05) is 5.32 Å². The highest BCUT2D eigenvalue weighted by Crippen LogP contribution is 2.33. The second-order valence-electron chi connectivity index (χ2n) is 5.14. The molecule has 20 heavy (non-hydrogen) atoms. The van der Waals surface area contributed by atoms with Crippen LogP contribution in [0.4, 0.5) is 5.69 Å². The van der Waals surface area contributed by atoms with Crippen molar-refractivity contribution in [3.05, 3.63) is 27.2 Å². The molecule has 110 valence electrons. The van der Waals surface area contributed by atoms with E-state index in [1.165, 1.54) is 6.07 Å². The first-order valence-electron chi connectivity index (χ1n) is 6.70. The first-order chi connectivity index (χ1) is 9.49. The van der Waals surface area contributed by atoms with Gasteiger partial charge in [-0.25, -0.2) is 0 Å². The second-order valence-corrected chi connectivity index (χ2v) is 6.37. The fourth-order valence-electron chi connectivity index (χ4n) is 2.51. The van der Waals surface area contributed by atoms with Gasteiger partial charge in [0.25, 0.3) is 0 Å². The van der Waals surface area contributed by atoms with E-state index in [9.17, 15) is 4.79 Å². The SMILES string of the molecule is NC1CCCCCC1C(=O)Nc1cc(Cl)c(Cl)cc1Cl. The zero-order chi connectivity index (χ0) is 14.7. The molecule has 3 nitrogen and oxygen atoms in total. The molecule has 0 heterocycles. The van der Waals surface area contributed by atoms with Gasteiger partial charge in [-0.3, -0.25) is 4.79 Å². The lowest BCUT2D eigenvalue weighted by Crippen LogP contribution is -2.37. The average Bonchev–Trinajstić information content (AvgIpc) is 2.60. The smallest absolute Gasteiger partial charge is 0.229 e. The number of halogens is 3. The molecule has 1 fully saturated rings. The number of benzene rings is 1. The predicted octanol–water partition coefficient (Wildman–Crippen LogP) is 4.49. The van der Waals surface area contributed by atoms with Crippen LogP contribution < -0.4 is 11.1 Å². The summed E-state index contributed by atoms with van der Waals surface area (Å²) in [5.41, 5.74) is 6.56. The number of amides is 1. The standard InChI is InChI=1S/C14H17Cl3N2O/c15-9-6-11(17)13(7-10(9)16)19-14(20)8-4-2-1-3-5-12(8)18/h6-8,12H,1-5,18H2,(H,19,20). The van der Waals surface area contributed by atoms with Crippen molar-refractivity contribution in [1.82, 2.24) is 0 Å². The molecule has 0 aromatic heterocycles. The van der Waals surface area contributed by atoms with Gasteiger partial charge in [-0.15, -0.1) is 0 Å². The fourth-order valence-corrected chi connectivity index (χ4v) is 3.10. The minimum Gasteiger partial charge on any atom is -0.327 e. The molecule has 0 bridgehead atoms. The summed E-state index contributed by atoms with van der Waals surface area (Å²) in [6, 6.07) is 2.99. The maximum absolute atomic E-state index is 12.4.